The molecule has 0 fully saturated rings. The van der Waals surface area contributed by atoms with Gasteiger partial charge in [0.2, 0.25) is 0 Å². The van der Waals surface area contributed by atoms with E-state index >= 15 is 0 Å². The van der Waals surface area contributed by atoms with Crippen LogP contribution in [0.3, 0.4) is 0 Å². The van der Waals surface area contributed by atoms with E-state index in [1.54, 1.807) is 0 Å². The van der Waals surface area contributed by atoms with E-state index in [1.807, 2.05) is 45.9 Å². The topological polar surface area (TPSA) is 18.5 Å². The average Bonchev–Trinajstić information content (AvgIpc) is 2.19. The van der Waals surface area contributed by atoms with Crippen molar-refractivity contribution in [2.24, 2.45) is 0 Å². The lowest BCUT2D eigenvalue weighted by Gasteiger charge is -2.17. The minimum Gasteiger partial charge on any atom is -0.487 e. The Morgan fingerprint density at radius 1 is 1.00 bits per heavy atom. The van der Waals surface area contributed by atoms with E-state index in [9.17, 15) is 0 Å². The Hall–Kier alpha value is -1.18. The Labute approximate surface area is 98.6 Å². The molecule has 2 nitrogen and oxygen atoms in total. The van der Waals surface area contributed by atoms with Gasteiger partial charge >= 0.3 is 0 Å². The molecule has 0 bridgehead atoms. The highest BCUT2D eigenvalue weighted by molar-refractivity contribution is 5.43. The van der Waals surface area contributed by atoms with Crippen LogP contribution in [0, 0.1) is 6.92 Å². The summed E-state index contributed by atoms with van der Waals surface area (Å²) in [5.74, 6) is 1.62. The van der Waals surface area contributed by atoms with E-state index in [2.05, 4.69) is 6.92 Å². The molecule has 0 unspecified atom stereocenters. The van der Waals surface area contributed by atoms with Crippen LogP contribution < -0.4 is 9.47 Å². The first-order valence-corrected chi connectivity index (χ1v) is 5.78. The third-order valence-corrected chi connectivity index (χ3v) is 2.02. The van der Waals surface area contributed by atoms with Crippen LogP contribution in [0.15, 0.2) is 18.2 Å². The molecule has 0 atom stereocenters. The second-order valence-electron chi connectivity index (χ2n) is 4.36. The summed E-state index contributed by atoms with van der Waals surface area (Å²) in [4.78, 5) is 0. The van der Waals surface area contributed by atoms with E-state index in [4.69, 9.17) is 9.47 Å². The Morgan fingerprint density at radius 3 is 2.06 bits per heavy atom. The second kappa shape index (κ2) is 5.78. The molecule has 1 rings (SSSR count). The van der Waals surface area contributed by atoms with Gasteiger partial charge in [-0.25, -0.2) is 0 Å². The van der Waals surface area contributed by atoms with Crippen molar-refractivity contribution >= 4 is 0 Å². The van der Waals surface area contributed by atoms with Crippen molar-refractivity contribution in [3.05, 3.63) is 30.7 Å². The Morgan fingerprint density at radius 2 is 1.56 bits per heavy atom. The summed E-state index contributed by atoms with van der Waals surface area (Å²) < 4.78 is 11.4. The zero-order chi connectivity index (χ0) is 12.1. The molecular weight excluding hydrogens is 200 g/mol. The van der Waals surface area contributed by atoms with Crippen molar-refractivity contribution in [3.8, 4) is 11.5 Å². The summed E-state index contributed by atoms with van der Waals surface area (Å²) in [5, 5.41) is 0. The molecule has 16 heavy (non-hydrogen) atoms. The molecule has 1 aromatic carbocycles. The van der Waals surface area contributed by atoms with Gasteiger partial charge in [-0.2, -0.15) is 0 Å². The van der Waals surface area contributed by atoms with Crippen LogP contribution in [-0.4, -0.2) is 12.2 Å². The molecule has 0 heterocycles. The first-order valence-electron chi connectivity index (χ1n) is 5.78. The lowest BCUT2D eigenvalue weighted by Crippen LogP contribution is -2.11. The first-order chi connectivity index (χ1) is 7.52. The molecule has 0 spiro atoms. The normalized spacial score (nSPS) is 10.9. The number of benzene rings is 1. The summed E-state index contributed by atoms with van der Waals surface area (Å²) in [5.41, 5.74) is 1.16. The van der Waals surface area contributed by atoms with Crippen molar-refractivity contribution in [2.75, 3.05) is 0 Å². The van der Waals surface area contributed by atoms with Crippen molar-refractivity contribution in [2.45, 2.75) is 46.3 Å². The smallest absolute Gasteiger partial charge is 0.161 e. The molecule has 2 heteroatoms. The molecule has 1 radical (unpaired) electrons. The van der Waals surface area contributed by atoms with Crippen LogP contribution in [0.1, 0.15) is 33.3 Å². The maximum absolute atomic E-state index is 5.74. The lowest BCUT2D eigenvalue weighted by atomic mass is 10.1. The van der Waals surface area contributed by atoms with Crippen molar-refractivity contribution in [3.63, 3.8) is 0 Å². The molecule has 0 aromatic heterocycles. The van der Waals surface area contributed by atoms with Crippen LogP contribution in [0.2, 0.25) is 0 Å². The van der Waals surface area contributed by atoms with Gasteiger partial charge < -0.3 is 9.47 Å². The fraction of sp³-hybridized carbons (Fsp3) is 0.500. The zero-order valence-electron chi connectivity index (χ0n) is 10.6. The van der Waals surface area contributed by atoms with Gasteiger partial charge in [-0.05, 0) is 58.7 Å². The van der Waals surface area contributed by atoms with Gasteiger partial charge in [-0.3, -0.25) is 0 Å². The standard InChI is InChI=1S/C14H21O2/c1-6-12-7-8-13(15-10(2)3)14(9-12)16-11(4)5/h7-11H,1,6H2,2-5H3. The molecule has 0 N–H and O–H groups in total. The first kappa shape index (κ1) is 12.9. The van der Waals surface area contributed by atoms with Crippen LogP contribution in [0.4, 0.5) is 0 Å². The number of hydrogen-bond donors (Lipinski definition) is 0. The third kappa shape index (κ3) is 3.76. The third-order valence-electron chi connectivity index (χ3n) is 2.02. The summed E-state index contributed by atoms with van der Waals surface area (Å²) >= 11 is 0. The van der Waals surface area contributed by atoms with Crippen LogP contribution in [0.5, 0.6) is 11.5 Å². The Kier molecular flexibility index (Phi) is 4.66. The average molecular weight is 221 g/mol. The van der Waals surface area contributed by atoms with Gasteiger partial charge in [0.05, 0.1) is 12.2 Å². The SMILES string of the molecule is [CH2]Cc1ccc(OC(C)C)c(OC(C)C)c1. The Bertz CT molecular complexity index is 330. The quantitative estimate of drug-likeness (QED) is 0.755. The van der Waals surface area contributed by atoms with Gasteiger partial charge in [0.15, 0.2) is 11.5 Å². The highest BCUT2D eigenvalue weighted by Crippen LogP contribution is 2.30. The molecule has 0 aliphatic carbocycles. The molecule has 1 aromatic rings. The van der Waals surface area contributed by atoms with Crippen molar-refractivity contribution in [1.29, 1.82) is 0 Å². The molecule has 0 aliphatic rings. The van der Waals surface area contributed by atoms with Gasteiger partial charge in [0.25, 0.3) is 0 Å². The van der Waals surface area contributed by atoms with E-state index in [0.717, 1.165) is 23.5 Å². The number of rotatable bonds is 5. The van der Waals surface area contributed by atoms with E-state index in [1.165, 1.54) is 0 Å². The maximum atomic E-state index is 5.74. The summed E-state index contributed by atoms with van der Waals surface area (Å²) in [6.45, 7) is 11.9. The monoisotopic (exact) mass is 221 g/mol. The minimum absolute atomic E-state index is 0.148. The van der Waals surface area contributed by atoms with Gasteiger partial charge in [-0.15, -0.1) is 0 Å². The van der Waals surface area contributed by atoms with Gasteiger partial charge in [0.1, 0.15) is 0 Å². The van der Waals surface area contributed by atoms with E-state index in [-0.39, 0.29) is 12.2 Å². The molecule has 0 aliphatic heterocycles. The minimum atomic E-state index is 0.148. The summed E-state index contributed by atoms with van der Waals surface area (Å²) in [6, 6.07) is 5.99. The van der Waals surface area contributed by atoms with Crippen LogP contribution >= 0.6 is 0 Å². The number of hydrogen-bond acceptors (Lipinski definition) is 2. The number of ether oxygens (including phenoxy) is 2. The molecule has 0 saturated heterocycles. The Balaban J connectivity index is 2.96. The summed E-state index contributed by atoms with van der Waals surface area (Å²) in [7, 11) is 0. The zero-order valence-corrected chi connectivity index (χ0v) is 10.6. The maximum Gasteiger partial charge on any atom is 0.161 e. The summed E-state index contributed by atoms with van der Waals surface area (Å²) in [6.07, 6.45) is 1.06. The van der Waals surface area contributed by atoms with Crippen molar-refractivity contribution < 1.29 is 9.47 Å². The van der Waals surface area contributed by atoms with Crippen molar-refractivity contribution in [1.82, 2.24) is 0 Å². The predicted molar refractivity (Wildman–Crippen MR) is 67.0 cm³/mol. The lowest BCUT2D eigenvalue weighted by molar-refractivity contribution is 0.198. The van der Waals surface area contributed by atoms with Gasteiger partial charge in [0, 0.05) is 0 Å². The molecular formula is C14H21O2. The highest BCUT2D eigenvalue weighted by atomic mass is 16.5. The highest BCUT2D eigenvalue weighted by Gasteiger charge is 2.09. The van der Waals surface area contributed by atoms with Crippen LogP contribution in [0.25, 0.3) is 0 Å². The van der Waals surface area contributed by atoms with Gasteiger partial charge in [-0.1, -0.05) is 6.07 Å². The largest absolute Gasteiger partial charge is 0.487 e. The molecule has 89 valence electrons. The predicted octanol–water partition coefficient (Wildman–Crippen LogP) is 3.64. The fourth-order valence-corrected chi connectivity index (χ4v) is 1.41. The van der Waals surface area contributed by atoms with E-state index < -0.39 is 0 Å². The van der Waals surface area contributed by atoms with Crippen LogP contribution in [-0.2, 0) is 6.42 Å². The second-order valence-corrected chi connectivity index (χ2v) is 4.36. The molecule has 0 amide bonds. The van der Waals surface area contributed by atoms with E-state index in [0.29, 0.717) is 0 Å². The fourth-order valence-electron chi connectivity index (χ4n) is 1.41. The molecule has 0 saturated carbocycles.